The predicted molar refractivity (Wildman–Crippen MR) is 124 cm³/mol. The van der Waals surface area contributed by atoms with Crippen LogP contribution in [0.2, 0.25) is 10.0 Å². The van der Waals surface area contributed by atoms with Gasteiger partial charge >= 0.3 is 0 Å². The van der Waals surface area contributed by atoms with Crippen LogP contribution in [0.25, 0.3) is 0 Å². The molecule has 0 aliphatic carbocycles. The number of halogens is 2. The molecule has 2 heterocycles. The lowest BCUT2D eigenvalue weighted by Gasteiger charge is -2.28. The third-order valence-electron chi connectivity index (χ3n) is 5.73. The minimum absolute atomic E-state index is 0.0472. The van der Waals surface area contributed by atoms with E-state index >= 15 is 0 Å². The Hall–Kier alpha value is -2.46. The number of pyridine rings is 1. The van der Waals surface area contributed by atoms with E-state index in [1.807, 2.05) is 6.92 Å². The highest BCUT2D eigenvalue weighted by molar-refractivity contribution is 6.36. The Bertz CT molecular complexity index is 1090. The van der Waals surface area contributed by atoms with Gasteiger partial charge in [-0.1, -0.05) is 43.1 Å². The molecule has 164 valence electrons. The average Bonchev–Trinajstić information content (AvgIpc) is 2.72. The molecule has 0 bridgehead atoms. The van der Waals surface area contributed by atoms with E-state index in [-0.39, 0.29) is 17.0 Å². The Labute approximate surface area is 192 Å². The van der Waals surface area contributed by atoms with Gasteiger partial charge in [0.05, 0.1) is 11.5 Å². The van der Waals surface area contributed by atoms with Gasteiger partial charge in [-0.15, -0.1) is 0 Å². The minimum atomic E-state index is -0.794. The van der Waals surface area contributed by atoms with Crippen LogP contribution in [0.15, 0.2) is 40.5 Å². The van der Waals surface area contributed by atoms with Crippen molar-refractivity contribution in [2.75, 3.05) is 19.6 Å². The molecule has 0 saturated heterocycles. The number of allylic oxidation sites excluding steroid dienone is 1. The van der Waals surface area contributed by atoms with Crippen LogP contribution in [0.3, 0.4) is 0 Å². The number of hydrogen-bond acceptors (Lipinski definition) is 5. The maximum Gasteiger partial charge on any atom is 0.258 e. The Morgan fingerprint density at radius 3 is 2.45 bits per heavy atom. The standard InChI is InChI=1S/C23H26Cl2N4O2/c1-4-28(5-2)10-7-11-29-14(3)12-18-21(23(29)30)19(15(13-26)22(27)31-18)20-16(24)8-6-9-17(20)25/h6,8-9,12,19H,4-5,7,10-11,27H2,1-3H3/t19-/m0/s1. The normalized spacial score (nSPS) is 15.6. The first-order valence-corrected chi connectivity index (χ1v) is 11.1. The fourth-order valence-electron chi connectivity index (χ4n) is 4.03. The molecule has 6 nitrogen and oxygen atoms in total. The third-order valence-corrected chi connectivity index (χ3v) is 6.39. The Morgan fingerprint density at radius 1 is 1.23 bits per heavy atom. The summed E-state index contributed by atoms with van der Waals surface area (Å²) in [6.45, 7) is 9.47. The summed E-state index contributed by atoms with van der Waals surface area (Å²) in [5, 5.41) is 10.5. The lowest BCUT2D eigenvalue weighted by molar-refractivity contribution is 0.292. The number of nitriles is 1. The lowest BCUT2D eigenvalue weighted by atomic mass is 9.84. The molecule has 3 rings (SSSR count). The fraction of sp³-hybridized carbons (Fsp3) is 0.391. The summed E-state index contributed by atoms with van der Waals surface area (Å²) < 4.78 is 7.41. The van der Waals surface area contributed by atoms with Crippen LogP contribution in [0, 0.1) is 18.3 Å². The van der Waals surface area contributed by atoms with Gasteiger partial charge < -0.3 is 19.9 Å². The van der Waals surface area contributed by atoms with Crippen molar-refractivity contribution in [1.29, 1.82) is 5.26 Å². The molecule has 0 saturated carbocycles. The van der Waals surface area contributed by atoms with E-state index in [1.165, 1.54) is 0 Å². The molecule has 2 aromatic rings. The molecule has 8 heteroatoms. The molecule has 1 aliphatic heterocycles. The highest BCUT2D eigenvalue weighted by atomic mass is 35.5. The van der Waals surface area contributed by atoms with E-state index in [9.17, 15) is 10.1 Å². The van der Waals surface area contributed by atoms with Crippen molar-refractivity contribution in [3.8, 4) is 11.8 Å². The first-order valence-electron chi connectivity index (χ1n) is 10.3. The zero-order valence-corrected chi connectivity index (χ0v) is 19.4. The number of benzene rings is 1. The molecule has 0 unspecified atom stereocenters. The quantitative estimate of drug-likeness (QED) is 0.660. The molecule has 1 aromatic carbocycles. The van der Waals surface area contributed by atoms with Crippen LogP contribution in [0.4, 0.5) is 0 Å². The number of nitrogens with zero attached hydrogens (tertiary/aromatic N) is 3. The number of hydrogen-bond donors (Lipinski definition) is 1. The molecule has 0 fully saturated rings. The first-order chi connectivity index (χ1) is 14.8. The van der Waals surface area contributed by atoms with Crippen molar-refractivity contribution in [2.45, 2.75) is 39.7 Å². The third kappa shape index (κ3) is 4.45. The van der Waals surface area contributed by atoms with Crippen molar-refractivity contribution >= 4 is 23.2 Å². The zero-order valence-electron chi connectivity index (χ0n) is 17.9. The molecule has 2 N–H and O–H groups in total. The van der Waals surface area contributed by atoms with Crippen molar-refractivity contribution in [2.24, 2.45) is 5.73 Å². The summed E-state index contributed by atoms with van der Waals surface area (Å²) in [4.78, 5) is 15.9. The second-order valence-corrected chi connectivity index (χ2v) is 8.28. The Balaban J connectivity index is 2.14. The summed E-state index contributed by atoms with van der Waals surface area (Å²) >= 11 is 12.9. The summed E-state index contributed by atoms with van der Waals surface area (Å²) in [5.41, 5.74) is 7.52. The maximum absolute atomic E-state index is 13.6. The van der Waals surface area contributed by atoms with E-state index in [0.29, 0.717) is 33.5 Å². The van der Waals surface area contributed by atoms with E-state index in [4.69, 9.17) is 33.7 Å². The van der Waals surface area contributed by atoms with Gasteiger partial charge in [0.15, 0.2) is 0 Å². The molecule has 0 spiro atoms. The molecular formula is C23H26Cl2N4O2. The van der Waals surface area contributed by atoms with Crippen molar-refractivity contribution in [1.82, 2.24) is 9.47 Å². The van der Waals surface area contributed by atoms with Gasteiger partial charge in [-0.2, -0.15) is 5.26 Å². The topological polar surface area (TPSA) is 84.3 Å². The SMILES string of the molecule is CCN(CC)CCCn1c(C)cc2c(c1=O)[C@H](c1c(Cl)cccc1Cl)C(C#N)=C(N)O2. The first kappa shape index (κ1) is 23.2. The van der Waals surface area contributed by atoms with Crippen LogP contribution in [-0.4, -0.2) is 29.1 Å². The summed E-state index contributed by atoms with van der Waals surface area (Å²) in [7, 11) is 0. The molecular weight excluding hydrogens is 435 g/mol. The van der Waals surface area contributed by atoms with Crippen molar-refractivity contribution in [3.63, 3.8) is 0 Å². The summed E-state index contributed by atoms with van der Waals surface area (Å²) in [6, 6.07) is 8.95. The maximum atomic E-state index is 13.6. The van der Waals surface area contributed by atoms with Gasteiger partial charge in [0.25, 0.3) is 5.56 Å². The summed E-state index contributed by atoms with van der Waals surface area (Å²) in [6.07, 6.45) is 0.822. The van der Waals surface area contributed by atoms with E-state index in [2.05, 4.69) is 24.8 Å². The van der Waals surface area contributed by atoms with Gasteiger partial charge in [-0.3, -0.25) is 4.79 Å². The average molecular weight is 461 g/mol. The molecule has 1 atom stereocenters. The fourth-order valence-corrected chi connectivity index (χ4v) is 4.65. The molecule has 31 heavy (non-hydrogen) atoms. The number of rotatable bonds is 7. The second kappa shape index (κ2) is 9.78. The molecule has 1 aromatic heterocycles. The number of ether oxygens (including phenoxy) is 1. The zero-order chi connectivity index (χ0) is 22.7. The van der Waals surface area contributed by atoms with Crippen LogP contribution in [0.5, 0.6) is 5.75 Å². The smallest absolute Gasteiger partial charge is 0.258 e. The monoisotopic (exact) mass is 460 g/mol. The van der Waals surface area contributed by atoms with Gasteiger partial charge in [0.2, 0.25) is 5.88 Å². The van der Waals surface area contributed by atoms with Crippen LogP contribution < -0.4 is 16.0 Å². The number of aromatic nitrogens is 1. The van der Waals surface area contributed by atoms with Gasteiger partial charge in [-0.25, -0.2) is 0 Å². The van der Waals surface area contributed by atoms with Crippen LogP contribution >= 0.6 is 23.2 Å². The Kier molecular flexibility index (Phi) is 7.32. The van der Waals surface area contributed by atoms with Crippen molar-refractivity contribution in [3.05, 3.63) is 72.9 Å². The lowest BCUT2D eigenvalue weighted by Crippen LogP contribution is -2.34. The second-order valence-electron chi connectivity index (χ2n) is 7.46. The Morgan fingerprint density at radius 2 is 1.87 bits per heavy atom. The van der Waals surface area contributed by atoms with Gasteiger partial charge in [0.1, 0.15) is 17.4 Å². The van der Waals surface area contributed by atoms with E-state index in [1.54, 1.807) is 28.8 Å². The number of nitrogens with two attached hydrogens (primary N) is 1. The van der Waals surface area contributed by atoms with E-state index < -0.39 is 5.92 Å². The molecule has 0 amide bonds. The number of fused-ring (bicyclic) bond motifs is 1. The molecule has 1 aliphatic rings. The highest BCUT2D eigenvalue weighted by Crippen LogP contribution is 2.45. The number of aryl methyl sites for hydroxylation is 1. The molecule has 0 radical (unpaired) electrons. The van der Waals surface area contributed by atoms with E-state index in [0.717, 1.165) is 31.7 Å². The largest absolute Gasteiger partial charge is 0.440 e. The van der Waals surface area contributed by atoms with Crippen molar-refractivity contribution < 1.29 is 4.74 Å². The van der Waals surface area contributed by atoms with Crippen LogP contribution in [0.1, 0.15) is 43.0 Å². The van der Waals surface area contributed by atoms with Gasteiger partial charge in [-0.05, 0) is 45.1 Å². The van der Waals surface area contributed by atoms with Crippen LogP contribution in [-0.2, 0) is 6.54 Å². The summed E-state index contributed by atoms with van der Waals surface area (Å²) in [5.74, 6) is -0.508. The minimum Gasteiger partial charge on any atom is -0.440 e. The highest BCUT2D eigenvalue weighted by Gasteiger charge is 2.36. The van der Waals surface area contributed by atoms with Gasteiger partial charge in [0, 0.05) is 33.9 Å². The predicted octanol–water partition coefficient (Wildman–Crippen LogP) is 4.41.